The molecule has 3 unspecified atom stereocenters. The van der Waals surface area contributed by atoms with E-state index >= 15 is 0 Å². The molecular weight excluding hydrogens is 230 g/mol. The second-order valence-electron chi connectivity index (χ2n) is 5.30. The van der Waals surface area contributed by atoms with E-state index in [2.05, 4.69) is 14.9 Å². The highest BCUT2D eigenvalue weighted by Gasteiger charge is 2.49. The first-order chi connectivity index (χ1) is 8.56. The molecule has 5 nitrogen and oxygen atoms in total. The first kappa shape index (κ1) is 11.4. The van der Waals surface area contributed by atoms with Crippen LogP contribution in [0.5, 0.6) is 0 Å². The highest BCUT2D eigenvalue weighted by molar-refractivity contribution is 5.73. The lowest BCUT2D eigenvalue weighted by atomic mass is 9.89. The third kappa shape index (κ3) is 1.65. The summed E-state index contributed by atoms with van der Waals surface area (Å²) in [7, 11) is 0. The van der Waals surface area contributed by atoms with Gasteiger partial charge in [0.2, 0.25) is 0 Å². The lowest BCUT2D eigenvalue weighted by Crippen LogP contribution is -2.33. The molecule has 3 rings (SSSR count). The highest BCUT2D eigenvalue weighted by Crippen LogP contribution is 2.43. The second kappa shape index (κ2) is 3.93. The molecular formula is C13H17N3O2. The number of aryl methyl sites for hydroxylation is 2. The van der Waals surface area contributed by atoms with Crippen LogP contribution in [0.25, 0.3) is 0 Å². The molecule has 1 aromatic rings. The molecule has 2 saturated heterocycles. The van der Waals surface area contributed by atoms with E-state index in [4.69, 9.17) is 0 Å². The van der Waals surface area contributed by atoms with Crippen molar-refractivity contribution in [2.24, 2.45) is 5.92 Å². The molecule has 5 heteroatoms. The number of carboxylic acids is 1. The minimum absolute atomic E-state index is 0.112. The van der Waals surface area contributed by atoms with Gasteiger partial charge >= 0.3 is 5.97 Å². The summed E-state index contributed by atoms with van der Waals surface area (Å²) >= 11 is 0. The first-order valence-electron chi connectivity index (χ1n) is 6.39. The Labute approximate surface area is 106 Å². The van der Waals surface area contributed by atoms with Gasteiger partial charge in [0.05, 0.1) is 5.92 Å². The van der Waals surface area contributed by atoms with Gasteiger partial charge in [-0.3, -0.25) is 4.79 Å². The molecule has 2 aliphatic heterocycles. The molecule has 96 valence electrons. The summed E-state index contributed by atoms with van der Waals surface area (Å²) in [5.74, 6) is 0.744. The molecule has 0 radical (unpaired) electrons. The smallest absolute Gasteiger partial charge is 0.308 e. The van der Waals surface area contributed by atoms with Crippen molar-refractivity contribution in [3.63, 3.8) is 0 Å². The topological polar surface area (TPSA) is 66.3 Å². The van der Waals surface area contributed by atoms with Gasteiger partial charge in [-0.15, -0.1) is 0 Å². The fourth-order valence-electron chi connectivity index (χ4n) is 3.44. The summed E-state index contributed by atoms with van der Waals surface area (Å²) in [6.07, 6.45) is 2.79. The minimum Gasteiger partial charge on any atom is -0.481 e. The van der Waals surface area contributed by atoms with Crippen molar-refractivity contribution in [2.75, 3.05) is 4.90 Å². The predicted molar refractivity (Wildman–Crippen MR) is 66.5 cm³/mol. The molecule has 0 amide bonds. The van der Waals surface area contributed by atoms with Crippen LogP contribution in [0.3, 0.4) is 0 Å². The van der Waals surface area contributed by atoms with Crippen LogP contribution < -0.4 is 4.90 Å². The monoisotopic (exact) mass is 247 g/mol. The Morgan fingerprint density at radius 1 is 1.39 bits per heavy atom. The number of hydrogen-bond acceptors (Lipinski definition) is 4. The summed E-state index contributed by atoms with van der Waals surface area (Å²) in [5, 5.41) is 9.25. The average Bonchev–Trinajstić information content (AvgIpc) is 2.84. The Morgan fingerprint density at radius 2 is 2.17 bits per heavy atom. The molecule has 0 spiro atoms. The van der Waals surface area contributed by atoms with Crippen LogP contribution in [0.1, 0.15) is 30.8 Å². The minimum atomic E-state index is -0.672. The lowest BCUT2D eigenvalue weighted by molar-refractivity contribution is -0.142. The van der Waals surface area contributed by atoms with Crippen molar-refractivity contribution in [2.45, 2.75) is 45.2 Å². The van der Waals surface area contributed by atoms with Crippen molar-refractivity contribution >= 4 is 11.8 Å². The van der Waals surface area contributed by atoms with Crippen molar-refractivity contribution in [3.8, 4) is 0 Å². The van der Waals surface area contributed by atoms with Crippen molar-refractivity contribution in [1.29, 1.82) is 0 Å². The number of hydrogen-bond donors (Lipinski definition) is 1. The van der Waals surface area contributed by atoms with E-state index in [9.17, 15) is 9.90 Å². The zero-order valence-electron chi connectivity index (χ0n) is 10.6. The molecule has 1 N–H and O–H groups in total. The van der Waals surface area contributed by atoms with E-state index in [0.29, 0.717) is 6.04 Å². The molecule has 2 bridgehead atoms. The van der Waals surface area contributed by atoms with Crippen LogP contribution >= 0.6 is 0 Å². The van der Waals surface area contributed by atoms with Gasteiger partial charge < -0.3 is 10.0 Å². The molecule has 0 aromatic carbocycles. The number of aromatic nitrogens is 2. The Kier molecular flexibility index (Phi) is 2.50. The number of anilines is 1. The third-order valence-electron chi connectivity index (χ3n) is 4.07. The second-order valence-corrected chi connectivity index (χ2v) is 5.30. The van der Waals surface area contributed by atoms with Gasteiger partial charge in [0, 0.05) is 23.8 Å². The number of rotatable bonds is 2. The Balaban J connectivity index is 1.96. The summed E-state index contributed by atoms with van der Waals surface area (Å²) in [5.41, 5.74) is 0.940. The summed E-state index contributed by atoms with van der Waals surface area (Å²) in [6.45, 7) is 3.83. The van der Waals surface area contributed by atoms with Gasteiger partial charge in [0.1, 0.15) is 11.6 Å². The fourth-order valence-corrected chi connectivity index (χ4v) is 3.44. The molecule has 3 atom stereocenters. The van der Waals surface area contributed by atoms with E-state index in [-0.39, 0.29) is 12.0 Å². The van der Waals surface area contributed by atoms with Crippen LogP contribution in [0.4, 0.5) is 5.82 Å². The molecule has 0 saturated carbocycles. The van der Waals surface area contributed by atoms with Gasteiger partial charge in [-0.2, -0.15) is 0 Å². The molecule has 18 heavy (non-hydrogen) atoms. The van der Waals surface area contributed by atoms with Crippen LogP contribution in [0.2, 0.25) is 0 Å². The van der Waals surface area contributed by atoms with E-state index in [1.165, 1.54) is 0 Å². The fraction of sp³-hybridized carbons (Fsp3) is 0.615. The number of nitrogens with zero attached hydrogens (tertiary/aromatic N) is 3. The third-order valence-corrected chi connectivity index (χ3v) is 4.07. The van der Waals surface area contributed by atoms with Crippen LogP contribution in [-0.2, 0) is 4.79 Å². The largest absolute Gasteiger partial charge is 0.481 e. The Morgan fingerprint density at radius 3 is 2.78 bits per heavy atom. The summed E-state index contributed by atoms with van der Waals surface area (Å²) in [6, 6.07) is 2.41. The quantitative estimate of drug-likeness (QED) is 0.858. The molecule has 1 aromatic heterocycles. The number of fused-ring (bicyclic) bond motifs is 2. The van der Waals surface area contributed by atoms with E-state index in [1.807, 2.05) is 19.9 Å². The maximum absolute atomic E-state index is 11.2. The predicted octanol–water partition coefficient (Wildman–Crippen LogP) is 1.54. The van der Waals surface area contributed by atoms with Gasteiger partial charge in [0.25, 0.3) is 0 Å². The zero-order valence-corrected chi connectivity index (χ0v) is 10.6. The maximum Gasteiger partial charge on any atom is 0.308 e. The van der Waals surface area contributed by atoms with Gasteiger partial charge in [-0.05, 0) is 33.1 Å². The van der Waals surface area contributed by atoms with Gasteiger partial charge in [-0.1, -0.05) is 0 Å². The summed E-state index contributed by atoms with van der Waals surface area (Å²) < 4.78 is 0. The zero-order chi connectivity index (χ0) is 12.9. The summed E-state index contributed by atoms with van der Waals surface area (Å²) in [4.78, 5) is 22.2. The highest BCUT2D eigenvalue weighted by atomic mass is 16.4. The van der Waals surface area contributed by atoms with E-state index in [1.54, 1.807) is 0 Å². The molecule has 3 heterocycles. The first-order valence-corrected chi connectivity index (χ1v) is 6.39. The lowest BCUT2D eigenvalue weighted by Gasteiger charge is -2.24. The van der Waals surface area contributed by atoms with Gasteiger partial charge in [-0.25, -0.2) is 9.97 Å². The van der Waals surface area contributed by atoms with Crippen LogP contribution in [0, 0.1) is 19.8 Å². The number of carbonyl (C=O) groups is 1. The van der Waals surface area contributed by atoms with Crippen molar-refractivity contribution in [1.82, 2.24) is 9.97 Å². The molecule has 2 fully saturated rings. The standard InChI is InChI=1S/C13H17N3O2/c1-7-5-12(15-8(2)14-7)16-9-3-4-11(16)10(6-9)13(17)18/h5,9-11H,3-4,6H2,1-2H3,(H,17,18). The molecule has 2 aliphatic rings. The maximum atomic E-state index is 11.2. The normalized spacial score (nSPS) is 29.9. The van der Waals surface area contributed by atoms with Gasteiger partial charge in [0.15, 0.2) is 0 Å². The van der Waals surface area contributed by atoms with Crippen LogP contribution in [-0.4, -0.2) is 33.1 Å². The van der Waals surface area contributed by atoms with Crippen molar-refractivity contribution in [3.05, 3.63) is 17.6 Å². The van der Waals surface area contributed by atoms with Crippen molar-refractivity contribution < 1.29 is 9.90 Å². The Hall–Kier alpha value is -1.65. The Bertz CT molecular complexity index is 483. The average molecular weight is 247 g/mol. The molecule has 0 aliphatic carbocycles. The number of aliphatic carboxylic acids is 1. The SMILES string of the molecule is Cc1cc(N2C3CCC2C(C(=O)O)C3)nc(C)n1. The van der Waals surface area contributed by atoms with E-state index in [0.717, 1.165) is 36.6 Å². The van der Waals surface area contributed by atoms with Crippen LogP contribution in [0.15, 0.2) is 6.07 Å². The number of carboxylic acid groups (broad SMARTS) is 1. The van der Waals surface area contributed by atoms with E-state index < -0.39 is 5.97 Å².